The molecule has 1 amide bonds. The summed E-state index contributed by atoms with van der Waals surface area (Å²) in [5.74, 6) is -2.31. The van der Waals surface area contributed by atoms with Gasteiger partial charge in [0.15, 0.2) is 0 Å². The third kappa shape index (κ3) is 5.90. The number of hydrogen-bond acceptors (Lipinski definition) is 3. The van der Waals surface area contributed by atoms with Gasteiger partial charge < -0.3 is 10.2 Å². The van der Waals surface area contributed by atoms with Gasteiger partial charge in [0.1, 0.15) is 11.6 Å². The fourth-order valence-corrected chi connectivity index (χ4v) is 3.66. The molecule has 0 aromatic heterocycles. The molecule has 174 valence electrons. The van der Waals surface area contributed by atoms with Crippen LogP contribution < -0.4 is 4.90 Å². The number of para-hydroxylation sites is 1. The lowest BCUT2D eigenvalue weighted by Gasteiger charge is -2.27. The molecule has 0 radical (unpaired) electrons. The van der Waals surface area contributed by atoms with Crippen LogP contribution in [0, 0.1) is 11.7 Å². The molecule has 3 aromatic carbocycles. The zero-order valence-corrected chi connectivity index (χ0v) is 17.6. The Hall–Kier alpha value is -3.39. The molecule has 0 aliphatic rings. The van der Waals surface area contributed by atoms with Crippen LogP contribution in [-0.2, 0) is 17.4 Å². The van der Waals surface area contributed by atoms with Gasteiger partial charge in [-0.25, -0.2) is 4.39 Å². The lowest BCUT2D eigenvalue weighted by molar-refractivity contribution is -0.138. The van der Waals surface area contributed by atoms with Crippen molar-refractivity contribution in [2.75, 3.05) is 11.5 Å². The summed E-state index contributed by atoms with van der Waals surface area (Å²) in [7, 11) is 0. The van der Waals surface area contributed by atoms with E-state index in [1.54, 1.807) is 42.5 Å². The average Bonchev–Trinajstić information content (AvgIpc) is 2.79. The van der Waals surface area contributed by atoms with Gasteiger partial charge in [0.2, 0.25) is 5.91 Å². The third-order valence-corrected chi connectivity index (χ3v) is 5.32. The predicted molar refractivity (Wildman–Crippen MR) is 117 cm³/mol. The second-order valence-corrected chi connectivity index (χ2v) is 7.56. The summed E-state index contributed by atoms with van der Waals surface area (Å²) in [6.45, 7) is -0.524. The van der Waals surface area contributed by atoms with E-state index in [-0.39, 0.29) is 25.0 Å². The molecule has 0 aliphatic carbocycles. The summed E-state index contributed by atoms with van der Waals surface area (Å²) in [5.41, 5.74) is -0.506. The highest BCUT2D eigenvalue weighted by molar-refractivity contribution is 6.01. The maximum absolute atomic E-state index is 14.1. The first-order valence-corrected chi connectivity index (χ1v) is 10.4. The first-order chi connectivity index (χ1) is 15.7. The van der Waals surface area contributed by atoms with Gasteiger partial charge in [-0.3, -0.25) is 9.69 Å². The molecule has 1 unspecified atom stereocenters. The topological polar surface area (TPSA) is 60.8 Å². The van der Waals surface area contributed by atoms with Crippen molar-refractivity contribution in [1.29, 1.82) is 0 Å². The van der Waals surface area contributed by atoms with Gasteiger partial charge in [0.25, 0.3) is 0 Å². The Morgan fingerprint density at radius 3 is 2.15 bits per heavy atom. The summed E-state index contributed by atoms with van der Waals surface area (Å²) >= 11 is 0. The Morgan fingerprint density at radius 1 is 0.909 bits per heavy atom. The highest BCUT2D eigenvalue weighted by Gasteiger charge is 2.34. The van der Waals surface area contributed by atoms with Crippen LogP contribution in [0.15, 0.2) is 72.8 Å². The Kier molecular flexibility index (Phi) is 7.71. The van der Waals surface area contributed by atoms with Crippen LogP contribution in [0.1, 0.15) is 24.0 Å². The zero-order chi connectivity index (χ0) is 24.0. The number of amides is 1. The molecule has 0 aliphatic heterocycles. The van der Waals surface area contributed by atoms with Crippen LogP contribution in [-0.4, -0.2) is 22.7 Å². The normalized spacial score (nSPS) is 12.4. The monoisotopic (exact) mass is 461 g/mol. The molecule has 0 heterocycles. The van der Waals surface area contributed by atoms with Gasteiger partial charge in [-0.05, 0) is 73.4 Å². The third-order valence-electron chi connectivity index (χ3n) is 5.32. The number of benzene rings is 3. The van der Waals surface area contributed by atoms with E-state index in [1.165, 1.54) is 17.0 Å². The standard InChI is InChI=1S/C25H23F4NO3/c26-23-11-5-10-22(25(27,28)29)21(23)9-4-6-17(16-31)24(33)30(18-7-2-1-3-8-18)19-12-14-20(32)15-13-19/h1-3,5,7-8,10-15,17,31-32H,4,6,9,16H2. The first-order valence-electron chi connectivity index (χ1n) is 10.4. The molecule has 0 spiro atoms. The molecular weight excluding hydrogens is 438 g/mol. The molecule has 0 bridgehead atoms. The summed E-state index contributed by atoms with van der Waals surface area (Å²) in [5, 5.41) is 19.5. The minimum absolute atomic E-state index is 0.0169. The van der Waals surface area contributed by atoms with Crippen molar-refractivity contribution in [3.8, 4) is 5.75 Å². The van der Waals surface area contributed by atoms with Crippen LogP contribution in [0.2, 0.25) is 0 Å². The molecule has 33 heavy (non-hydrogen) atoms. The number of alkyl halides is 3. The van der Waals surface area contributed by atoms with E-state index in [9.17, 15) is 32.6 Å². The lowest BCUT2D eigenvalue weighted by Crippen LogP contribution is -2.34. The minimum atomic E-state index is -4.69. The quantitative estimate of drug-likeness (QED) is 0.414. The number of aliphatic hydroxyl groups is 1. The number of anilines is 2. The van der Waals surface area contributed by atoms with Crippen molar-refractivity contribution < 1.29 is 32.6 Å². The predicted octanol–water partition coefficient (Wildman–Crippen LogP) is 5.85. The van der Waals surface area contributed by atoms with Gasteiger partial charge in [-0.15, -0.1) is 0 Å². The van der Waals surface area contributed by atoms with Gasteiger partial charge in [-0.1, -0.05) is 24.3 Å². The van der Waals surface area contributed by atoms with Crippen LogP contribution in [0.5, 0.6) is 5.75 Å². The van der Waals surface area contributed by atoms with E-state index >= 15 is 0 Å². The SMILES string of the molecule is O=C(C(CO)CCCc1c(F)cccc1C(F)(F)F)N(c1ccccc1)c1ccc(O)cc1. The maximum Gasteiger partial charge on any atom is 0.416 e. The van der Waals surface area contributed by atoms with Crippen molar-refractivity contribution in [3.63, 3.8) is 0 Å². The Morgan fingerprint density at radius 2 is 1.55 bits per heavy atom. The number of phenols is 1. The van der Waals surface area contributed by atoms with Gasteiger partial charge >= 0.3 is 6.18 Å². The van der Waals surface area contributed by atoms with Crippen molar-refractivity contribution in [2.24, 2.45) is 5.92 Å². The van der Waals surface area contributed by atoms with Crippen molar-refractivity contribution in [3.05, 3.63) is 89.7 Å². The average molecular weight is 461 g/mol. The summed E-state index contributed by atoms with van der Waals surface area (Å²) in [4.78, 5) is 14.7. The molecule has 2 N–H and O–H groups in total. The molecule has 3 aromatic rings. The summed E-state index contributed by atoms with van der Waals surface area (Å²) in [6.07, 6.45) is -4.79. The second-order valence-electron chi connectivity index (χ2n) is 7.56. The van der Waals surface area contributed by atoms with Gasteiger partial charge in [0.05, 0.1) is 18.1 Å². The minimum Gasteiger partial charge on any atom is -0.508 e. The number of carbonyl (C=O) groups excluding carboxylic acids is 1. The Balaban J connectivity index is 1.80. The van der Waals surface area contributed by atoms with E-state index in [0.29, 0.717) is 11.4 Å². The number of rotatable bonds is 8. The number of aromatic hydroxyl groups is 1. The van der Waals surface area contributed by atoms with E-state index in [0.717, 1.165) is 18.2 Å². The highest BCUT2D eigenvalue weighted by atomic mass is 19.4. The largest absolute Gasteiger partial charge is 0.508 e. The zero-order valence-electron chi connectivity index (χ0n) is 17.6. The molecule has 4 nitrogen and oxygen atoms in total. The molecule has 8 heteroatoms. The number of nitrogens with zero attached hydrogens (tertiary/aromatic N) is 1. The van der Waals surface area contributed by atoms with E-state index in [2.05, 4.69) is 0 Å². The van der Waals surface area contributed by atoms with Crippen LogP contribution >= 0.6 is 0 Å². The van der Waals surface area contributed by atoms with Crippen LogP contribution in [0.4, 0.5) is 28.9 Å². The summed E-state index contributed by atoms with van der Waals surface area (Å²) in [6, 6.07) is 17.4. The Labute approximate surface area is 188 Å². The second kappa shape index (κ2) is 10.5. The molecule has 3 rings (SSSR count). The van der Waals surface area contributed by atoms with Crippen molar-refractivity contribution in [1.82, 2.24) is 0 Å². The fourth-order valence-electron chi connectivity index (χ4n) is 3.66. The Bertz CT molecular complexity index is 1070. The highest BCUT2D eigenvalue weighted by Crippen LogP contribution is 2.34. The molecular formula is C25H23F4NO3. The number of carbonyl (C=O) groups is 1. The fraction of sp³-hybridized carbons (Fsp3) is 0.240. The van der Waals surface area contributed by atoms with Crippen molar-refractivity contribution in [2.45, 2.75) is 25.4 Å². The first kappa shape index (κ1) is 24.3. The smallest absolute Gasteiger partial charge is 0.416 e. The molecule has 1 atom stereocenters. The van der Waals surface area contributed by atoms with E-state index in [4.69, 9.17) is 0 Å². The molecule has 0 saturated heterocycles. The van der Waals surface area contributed by atoms with Gasteiger partial charge in [0, 0.05) is 11.4 Å². The number of aliphatic hydroxyl groups excluding tert-OH is 1. The van der Waals surface area contributed by atoms with E-state index in [1.807, 2.05) is 0 Å². The maximum atomic E-state index is 14.1. The number of phenolic OH excluding ortho intramolecular Hbond substituents is 1. The lowest BCUT2D eigenvalue weighted by atomic mass is 9.95. The van der Waals surface area contributed by atoms with Gasteiger partial charge in [-0.2, -0.15) is 13.2 Å². The molecule has 0 saturated carbocycles. The number of halogens is 4. The summed E-state index contributed by atoms with van der Waals surface area (Å²) < 4.78 is 53.8. The van der Waals surface area contributed by atoms with Crippen LogP contribution in [0.3, 0.4) is 0 Å². The number of hydrogen-bond donors (Lipinski definition) is 2. The molecule has 0 fully saturated rings. The van der Waals surface area contributed by atoms with Crippen LogP contribution in [0.25, 0.3) is 0 Å². The van der Waals surface area contributed by atoms with E-state index < -0.39 is 41.6 Å². The van der Waals surface area contributed by atoms with Crippen molar-refractivity contribution >= 4 is 17.3 Å².